The molecule has 0 aliphatic carbocycles. The lowest BCUT2D eigenvalue weighted by Gasteiger charge is -2.08. The summed E-state index contributed by atoms with van der Waals surface area (Å²) in [7, 11) is 0. The first-order valence-electron chi connectivity index (χ1n) is 7.23. The molecule has 1 heterocycles. The van der Waals surface area contributed by atoms with Crippen LogP contribution in [0.25, 0.3) is 11.0 Å². The molecule has 1 amide bonds. The molecule has 10 heteroatoms. The lowest BCUT2D eigenvalue weighted by atomic mass is 10.2. The van der Waals surface area contributed by atoms with Crippen molar-refractivity contribution < 1.29 is 22.8 Å². The lowest BCUT2D eigenvalue weighted by molar-refractivity contribution is -0.137. The summed E-state index contributed by atoms with van der Waals surface area (Å²) in [5.74, 6) is -0.573. The minimum Gasteiger partial charge on any atom is -0.385 e. The number of benzene rings is 2. The number of nitrogens with zero attached hydrogens (tertiary/aromatic N) is 4. The molecule has 3 rings (SSSR count). The lowest BCUT2D eigenvalue weighted by Crippen LogP contribution is -2.26. The van der Waals surface area contributed by atoms with E-state index in [0.29, 0.717) is 11.3 Å². The number of anilines is 1. The SMILES string of the molecule is N#Cc1cccc(NC(=O)COn2nnc3ccc(C(F)(F)F)cc32)c1. The van der Waals surface area contributed by atoms with Gasteiger partial charge in [-0.2, -0.15) is 18.4 Å². The number of halogens is 3. The number of hydrogen-bond acceptors (Lipinski definition) is 5. The quantitative estimate of drug-likeness (QED) is 0.770. The number of nitriles is 1. The van der Waals surface area contributed by atoms with Crippen molar-refractivity contribution in [2.24, 2.45) is 0 Å². The van der Waals surface area contributed by atoms with Gasteiger partial charge in [-0.25, -0.2) is 0 Å². The van der Waals surface area contributed by atoms with Gasteiger partial charge >= 0.3 is 6.18 Å². The Labute approximate surface area is 144 Å². The molecule has 132 valence electrons. The molecule has 0 bridgehead atoms. The standard InChI is InChI=1S/C16H10F3N5O2/c17-16(18,19)11-4-5-13-14(7-11)24(23-22-13)26-9-15(25)21-12-3-1-2-10(6-12)8-20/h1-7H,9H2,(H,21,25). The number of nitrogens with one attached hydrogen (secondary N) is 1. The highest BCUT2D eigenvalue weighted by atomic mass is 19.4. The van der Waals surface area contributed by atoms with Gasteiger partial charge in [0.25, 0.3) is 5.91 Å². The molecule has 26 heavy (non-hydrogen) atoms. The minimum atomic E-state index is -4.52. The Bertz CT molecular complexity index is 1010. The van der Waals surface area contributed by atoms with Crippen LogP contribution in [-0.2, 0) is 11.0 Å². The van der Waals surface area contributed by atoms with Crippen LogP contribution >= 0.6 is 0 Å². The van der Waals surface area contributed by atoms with Gasteiger partial charge in [-0.05, 0) is 41.6 Å². The van der Waals surface area contributed by atoms with Crippen molar-refractivity contribution in [1.29, 1.82) is 5.26 Å². The van der Waals surface area contributed by atoms with Crippen molar-refractivity contribution in [2.75, 3.05) is 11.9 Å². The fourth-order valence-corrected chi connectivity index (χ4v) is 2.15. The van der Waals surface area contributed by atoms with E-state index in [4.69, 9.17) is 10.1 Å². The topological polar surface area (TPSA) is 92.8 Å². The Morgan fingerprint density at radius 3 is 2.81 bits per heavy atom. The number of carbonyl (C=O) groups excluding carboxylic acids is 1. The highest BCUT2D eigenvalue weighted by Crippen LogP contribution is 2.30. The second-order valence-corrected chi connectivity index (χ2v) is 5.18. The first-order valence-corrected chi connectivity index (χ1v) is 7.23. The zero-order chi connectivity index (χ0) is 18.7. The van der Waals surface area contributed by atoms with Crippen molar-refractivity contribution in [1.82, 2.24) is 15.2 Å². The highest BCUT2D eigenvalue weighted by molar-refractivity contribution is 5.91. The van der Waals surface area contributed by atoms with Gasteiger partial charge in [0.05, 0.1) is 17.2 Å². The maximum atomic E-state index is 12.8. The van der Waals surface area contributed by atoms with Crippen molar-refractivity contribution in [2.45, 2.75) is 6.18 Å². The number of aromatic nitrogens is 3. The average molecular weight is 361 g/mol. The molecule has 0 unspecified atom stereocenters. The summed E-state index contributed by atoms with van der Waals surface area (Å²) in [5.41, 5.74) is 0.0558. The minimum absolute atomic E-state index is 0.0147. The third-order valence-corrected chi connectivity index (χ3v) is 3.34. The summed E-state index contributed by atoms with van der Waals surface area (Å²) in [6.07, 6.45) is -4.52. The van der Waals surface area contributed by atoms with Gasteiger partial charge in [0, 0.05) is 5.69 Å². The van der Waals surface area contributed by atoms with E-state index < -0.39 is 24.3 Å². The Morgan fingerprint density at radius 2 is 2.08 bits per heavy atom. The first-order chi connectivity index (χ1) is 12.4. The number of hydrogen-bond donors (Lipinski definition) is 1. The number of carbonyl (C=O) groups is 1. The van der Waals surface area contributed by atoms with Crippen molar-refractivity contribution in [3.63, 3.8) is 0 Å². The molecule has 0 fully saturated rings. The van der Waals surface area contributed by atoms with Crippen LogP contribution < -0.4 is 10.2 Å². The maximum Gasteiger partial charge on any atom is 0.416 e. The number of fused-ring (bicyclic) bond motifs is 1. The van der Waals surface area contributed by atoms with E-state index in [1.807, 2.05) is 6.07 Å². The van der Waals surface area contributed by atoms with Gasteiger partial charge in [-0.3, -0.25) is 4.79 Å². The molecular formula is C16H10F3N5O2. The molecule has 0 aliphatic heterocycles. The molecular weight excluding hydrogens is 351 g/mol. The molecule has 0 radical (unpaired) electrons. The maximum absolute atomic E-state index is 12.8. The number of rotatable bonds is 4. The van der Waals surface area contributed by atoms with Crippen LogP contribution in [0.1, 0.15) is 11.1 Å². The van der Waals surface area contributed by atoms with Crippen LogP contribution in [0, 0.1) is 11.3 Å². The molecule has 3 aromatic rings. The Morgan fingerprint density at radius 1 is 1.27 bits per heavy atom. The molecule has 1 N–H and O–H groups in total. The Balaban J connectivity index is 1.71. The largest absolute Gasteiger partial charge is 0.416 e. The molecule has 1 aromatic heterocycles. The van der Waals surface area contributed by atoms with Gasteiger partial charge in [-0.1, -0.05) is 10.9 Å². The van der Waals surface area contributed by atoms with E-state index >= 15 is 0 Å². The number of alkyl halides is 3. The molecule has 7 nitrogen and oxygen atoms in total. The molecule has 0 spiro atoms. The summed E-state index contributed by atoms with van der Waals surface area (Å²) in [6, 6.07) is 11.0. The van der Waals surface area contributed by atoms with Crippen LogP contribution in [0.5, 0.6) is 0 Å². The van der Waals surface area contributed by atoms with E-state index in [0.717, 1.165) is 17.0 Å². The molecule has 0 saturated heterocycles. The van der Waals surface area contributed by atoms with Crippen LogP contribution in [0.2, 0.25) is 0 Å². The van der Waals surface area contributed by atoms with E-state index in [-0.39, 0.29) is 11.0 Å². The summed E-state index contributed by atoms with van der Waals surface area (Å²) >= 11 is 0. The summed E-state index contributed by atoms with van der Waals surface area (Å²) in [4.78, 5) is 17.8. The fraction of sp³-hybridized carbons (Fsp3) is 0.125. The Hall–Kier alpha value is -3.61. The molecule has 0 atom stereocenters. The Kier molecular flexibility index (Phi) is 4.45. The van der Waals surface area contributed by atoms with Gasteiger partial charge < -0.3 is 10.2 Å². The van der Waals surface area contributed by atoms with Gasteiger partial charge in [0.1, 0.15) is 11.0 Å². The average Bonchev–Trinajstić information content (AvgIpc) is 3.01. The van der Waals surface area contributed by atoms with Crippen LogP contribution in [0.3, 0.4) is 0 Å². The van der Waals surface area contributed by atoms with Crippen LogP contribution in [0.4, 0.5) is 18.9 Å². The zero-order valence-corrected chi connectivity index (χ0v) is 13.0. The van der Waals surface area contributed by atoms with E-state index in [9.17, 15) is 18.0 Å². The van der Waals surface area contributed by atoms with Crippen molar-refractivity contribution in [3.05, 3.63) is 53.6 Å². The summed E-state index contributed by atoms with van der Waals surface area (Å²) < 4.78 is 38.4. The highest BCUT2D eigenvalue weighted by Gasteiger charge is 2.31. The molecule has 0 saturated carbocycles. The predicted molar refractivity (Wildman–Crippen MR) is 83.8 cm³/mol. The first kappa shape index (κ1) is 17.2. The van der Waals surface area contributed by atoms with E-state index in [2.05, 4.69) is 15.6 Å². The van der Waals surface area contributed by atoms with E-state index in [1.54, 1.807) is 18.2 Å². The summed E-state index contributed by atoms with van der Waals surface area (Å²) in [6.45, 7) is -0.508. The van der Waals surface area contributed by atoms with Crippen LogP contribution in [-0.4, -0.2) is 27.7 Å². The van der Waals surface area contributed by atoms with Gasteiger partial charge in [-0.15, -0.1) is 5.10 Å². The van der Waals surface area contributed by atoms with Crippen molar-refractivity contribution >= 4 is 22.6 Å². The fourth-order valence-electron chi connectivity index (χ4n) is 2.15. The number of amides is 1. The summed E-state index contributed by atoms with van der Waals surface area (Å²) in [5, 5.41) is 18.6. The smallest absolute Gasteiger partial charge is 0.385 e. The molecule has 0 aliphatic rings. The molecule has 2 aromatic carbocycles. The van der Waals surface area contributed by atoms with Gasteiger partial charge in [0.2, 0.25) is 0 Å². The van der Waals surface area contributed by atoms with Crippen molar-refractivity contribution in [3.8, 4) is 6.07 Å². The van der Waals surface area contributed by atoms with E-state index in [1.165, 1.54) is 12.1 Å². The second kappa shape index (κ2) is 6.72. The third-order valence-electron chi connectivity index (χ3n) is 3.34. The normalized spacial score (nSPS) is 11.2. The monoisotopic (exact) mass is 361 g/mol. The van der Waals surface area contributed by atoms with Gasteiger partial charge in [0.15, 0.2) is 6.61 Å². The van der Waals surface area contributed by atoms with Crippen LogP contribution in [0.15, 0.2) is 42.5 Å². The predicted octanol–water partition coefficient (Wildman–Crippen LogP) is 2.39. The third kappa shape index (κ3) is 3.72. The zero-order valence-electron chi connectivity index (χ0n) is 13.0. The second-order valence-electron chi connectivity index (χ2n) is 5.18.